The van der Waals surface area contributed by atoms with E-state index in [2.05, 4.69) is 4.98 Å². The number of nitrogens with zero attached hydrogens (tertiary/aromatic N) is 2. The molecule has 2 aromatic rings. The van der Waals surface area contributed by atoms with E-state index in [1.54, 1.807) is 24.5 Å². The second-order valence-corrected chi connectivity index (χ2v) is 7.55. The first-order valence-electron chi connectivity index (χ1n) is 8.27. The van der Waals surface area contributed by atoms with Crippen molar-refractivity contribution in [2.45, 2.75) is 17.7 Å². The molecule has 1 aromatic carbocycles. The molecule has 1 aliphatic rings. The third-order valence-corrected chi connectivity index (χ3v) is 5.31. The molecule has 2 N–H and O–H groups in total. The number of pyridine rings is 1. The van der Waals surface area contributed by atoms with Crippen molar-refractivity contribution in [1.82, 2.24) is 15.0 Å². The molecule has 0 bridgehead atoms. The largest absolute Gasteiger partial charge is 0.457 e. The van der Waals surface area contributed by atoms with Crippen LogP contribution in [0.4, 0.5) is 0 Å². The average molecular weight is 393 g/mol. The average Bonchev–Trinajstić information content (AvgIpc) is 2.69. The Morgan fingerprint density at radius 2 is 1.70 bits per heavy atom. The molecule has 1 aliphatic heterocycles. The Hall–Kier alpha value is -2.53. The van der Waals surface area contributed by atoms with Gasteiger partial charge in [0.1, 0.15) is 11.5 Å². The minimum absolute atomic E-state index is 0.0344. The predicted molar refractivity (Wildman–Crippen MR) is 93.3 cm³/mol. The molecule has 9 nitrogen and oxygen atoms in total. The molecule has 0 saturated carbocycles. The molecular formula is C17H19N3O6S. The van der Waals surface area contributed by atoms with Gasteiger partial charge in [0.2, 0.25) is 0 Å². The molecule has 3 rings (SSSR count). The van der Waals surface area contributed by atoms with Crippen LogP contribution in [0.15, 0.2) is 53.7 Å². The highest BCUT2D eigenvalue weighted by molar-refractivity contribution is 7.89. The first kappa shape index (κ1) is 19.2. The number of nitrogens with one attached hydrogen (secondary N) is 1. The number of hydroxylamine groups is 1. The summed E-state index contributed by atoms with van der Waals surface area (Å²) in [7, 11) is -4.12. The maximum Gasteiger partial charge on any atom is 0.265 e. The number of hydrogen-bond acceptors (Lipinski definition) is 7. The molecule has 0 atom stereocenters. The highest BCUT2D eigenvalue weighted by atomic mass is 32.2. The predicted octanol–water partition coefficient (Wildman–Crippen LogP) is 1.71. The lowest BCUT2D eigenvalue weighted by Gasteiger charge is -2.24. The fraction of sp³-hybridized carbons (Fsp3) is 0.294. The summed E-state index contributed by atoms with van der Waals surface area (Å²) in [5.41, 5.74) is 0. The minimum Gasteiger partial charge on any atom is -0.457 e. The van der Waals surface area contributed by atoms with E-state index in [1.165, 1.54) is 24.3 Å². The molecule has 27 heavy (non-hydrogen) atoms. The number of aromatic nitrogens is 1. The molecule has 2 heterocycles. The van der Waals surface area contributed by atoms with Gasteiger partial charge in [0, 0.05) is 31.5 Å². The van der Waals surface area contributed by atoms with Gasteiger partial charge in [-0.2, -0.15) is 0 Å². The molecule has 1 saturated heterocycles. The fourth-order valence-corrected chi connectivity index (χ4v) is 3.48. The van der Waals surface area contributed by atoms with E-state index in [9.17, 15) is 18.4 Å². The second-order valence-electron chi connectivity index (χ2n) is 5.89. The number of rotatable bonds is 6. The monoisotopic (exact) mass is 393 g/mol. The Labute approximate surface area is 156 Å². The van der Waals surface area contributed by atoms with Crippen LogP contribution in [-0.2, 0) is 19.6 Å². The summed E-state index contributed by atoms with van der Waals surface area (Å²) < 4.78 is 35.4. The van der Waals surface area contributed by atoms with Gasteiger partial charge >= 0.3 is 0 Å². The highest BCUT2D eigenvalue weighted by Gasteiger charge is 2.29. The Bertz CT molecular complexity index is 867. The smallest absolute Gasteiger partial charge is 0.265 e. The zero-order chi connectivity index (χ0) is 19.3. The van der Waals surface area contributed by atoms with Crippen LogP contribution in [0.5, 0.6) is 11.5 Å². The van der Waals surface area contributed by atoms with E-state index in [0.29, 0.717) is 37.6 Å². The molecule has 0 unspecified atom stereocenters. The first-order chi connectivity index (χ1) is 13.0. The van der Waals surface area contributed by atoms with Crippen molar-refractivity contribution >= 4 is 15.9 Å². The van der Waals surface area contributed by atoms with Crippen molar-refractivity contribution in [2.24, 2.45) is 5.92 Å². The summed E-state index contributed by atoms with van der Waals surface area (Å²) in [6.07, 6.45) is 4.00. The van der Waals surface area contributed by atoms with E-state index in [4.69, 9.17) is 9.47 Å². The molecule has 1 amide bonds. The van der Waals surface area contributed by atoms with E-state index >= 15 is 0 Å². The molecule has 1 fully saturated rings. The third-order valence-electron chi connectivity index (χ3n) is 4.01. The van der Waals surface area contributed by atoms with Crippen molar-refractivity contribution in [3.05, 3.63) is 48.8 Å². The van der Waals surface area contributed by atoms with Crippen molar-refractivity contribution in [2.75, 3.05) is 13.2 Å². The number of hydrazine groups is 1. The van der Waals surface area contributed by atoms with Gasteiger partial charge in [-0.15, -0.1) is 5.17 Å². The summed E-state index contributed by atoms with van der Waals surface area (Å²) in [5.74, 6) is -0.205. The van der Waals surface area contributed by atoms with Gasteiger partial charge in [0.15, 0.2) is 0 Å². The van der Waals surface area contributed by atoms with Gasteiger partial charge in [-0.3, -0.25) is 15.0 Å². The summed E-state index contributed by atoms with van der Waals surface area (Å²) >= 11 is 0. The zero-order valence-electron chi connectivity index (χ0n) is 14.3. The fourth-order valence-electron chi connectivity index (χ4n) is 2.56. The number of ether oxygens (including phenoxy) is 2. The summed E-state index contributed by atoms with van der Waals surface area (Å²) in [4.78, 5) is 17.7. The maximum absolute atomic E-state index is 12.4. The van der Waals surface area contributed by atoms with Crippen LogP contribution < -0.4 is 9.57 Å². The number of sulfonamides is 1. The number of carbonyl (C=O) groups is 1. The van der Waals surface area contributed by atoms with Gasteiger partial charge in [-0.05, 0) is 49.2 Å². The number of carbonyl (C=O) groups excluding carboxylic acids is 1. The van der Waals surface area contributed by atoms with Crippen LogP contribution in [0.2, 0.25) is 0 Å². The van der Waals surface area contributed by atoms with E-state index < -0.39 is 21.8 Å². The first-order valence-corrected chi connectivity index (χ1v) is 9.75. The molecule has 0 aliphatic carbocycles. The van der Waals surface area contributed by atoms with Crippen molar-refractivity contribution < 1.29 is 27.9 Å². The summed E-state index contributed by atoms with van der Waals surface area (Å²) in [6.45, 7) is 0.797. The van der Waals surface area contributed by atoms with E-state index in [0.717, 1.165) is 0 Å². The lowest BCUT2D eigenvalue weighted by atomic mass is 10.00. The second kappa shape index (κ2) is 8.44. The highest BCUT2D eigenvalue weighted by Crippen LogP contribution is 2.22. The SMILES string of the molecule is O=C(C1CCOCC1)N(O)NS(=O)(=O)c1ccc(Oc2ccncc2)cc1. The van der Waals surface area contributed by atoms with Crippen LogP contribution in [0.3, 0.4) is 0 Å². The van der Waals surface area contributed by atoms with Crippen LogP contribution >= 0.6 is 0 Å². The van der Waals surface area contributed by atoms with Crippen molar-refractivity contribution in [3.63, 3.8) is 0 Å². The third kappa shape index (κ3) is 5.01. The molecule has 144 valence electrons. The Balaban J connectivity index is 1.64. The topological polar surface area (TPSA) is 118 Å². The van der Waals surface area contributed by atoms with E-state index in [-0.39, 0.29) is 10.1 Å². The maximum atomic E-state index is 12.4. The van der Waals surface area contributed by atoms with Crippen molar-refractivity contribution in [3.8, 4) is 11.5 Å². The standard InChI is InChI=1S/C17H19N3O6S/c21-17(13-7-11-25-12-8-13)20(22)19-27(23,24)16-3-1-14(2-4-16)26-15-5-9-18-10-6-15/h1-6,9-10,13,19,22H,7-8,11-12H2. The minimum atomic E-state index is -4.12. The quantitative estimate of drug-likeness (QED) is 0.566. The molecule has 0 spiro atoms. The number of benzene rings is 1. The Morgan fingerprint density at radius 1 is 1.11 bits per heavy atom. The van der Waals surface area contributed by atoms with Gasteiger partial charge in [-0.25, -0.2) is 8.42 Å². The molecule has 1 aromatic heterocycles. The lowest BCUT2D eigenvalue weighted by Crippen LogP contribution is -2.47. The van der Waals surface area contributed by atoms with Crippen LogP contribution in [0, 0.1) is 5.92 Å². The Kier molecular flexibility index (Phi) is 6.01. The Morgan fingerprint density at radius 3 is 2.33 bits per heavy atom. The summed E-state index contributed by atoms with van der Waals surface area (Å²) in [5, 5.41) is 9.87. The lowest BCUT2D eigenvalue weighted by molar-refractivity contribution is -0.179. The van der Waals surface area contributed by atoms with Crippen molar-refractivity contribution in [1.29, 1.82) is 0 Å². The van der Waals surface area contributed by atoms with Gasteiger partial charge in [-0.1, -0.05) is 4.83 Å². The summed E-state index contributed by atoms with van der Waals surface area (Å²) in [6, 6.07) is 8.89. The van der Waals surface area contributed by atoms with E-state index in [1.807, 2.05) is 4.83 Å². The number of hydrogen-bond donors (Lipinski definition) is 2. The molecule has 0 radical (unpaired) electrons. The van der Waals surface area contributed by atoms with Crippen LogP contribution in [-0.4, -0.2) is 42.9 Å². The van der Waals surface area contributed by atoms with Gasteiger partial charge < -0.3 is 9.47 Å². The number of amides is 1. The van der Waals surface area contributed by atoms with Crippen LogP contribution in [0.25, 0.3) is 0 Å². The van der Waals surface area contributed by atoms with Gasteiger partial charge in [0.05, 0.1) is 4.90 Å². The van der Waals surface area contributed by atoms with Crippen LogP contribution in [0.1, 0.15) is 12.8 Å². The molecular weight excluding hydrogens is 374 g/mol. The van der Waals surface area contributed by atoms with Gasteiger partial charge in [0.25, 0.3) is 15.9 Å². The molecule has 10 heteroatoms. The normalized spacial score (nSPS) is 15.3. The zero-order valence-corrected chi connectivity index (χ0v) is 15.1.